The monoisotopic (exact) mass is 268 g/mol. The third-order valence-corrected chi connectivity index (χ3v) is 3.75. The Labute approximate surface area is 114 Å². The van der Waals surface area contributed by atoms with Crippen LogP contribution in [0.4, 0.5) is 5.69 Å². The van der Waals surface area contributed by atoms with Crippen LogP contribution in [-0.2, 0) is 11.2 Å². The number of anilines is 1. The zero-order valence-electron chi connectivity index (χ0n) is 10.9. The summed E-state index contributed by atoms with van der Waals surface area (Å²) in [6, 6.07) is 6.07. The van der Waals surface area contributed by atoms with Gasteiger partial charge in [-0.15, -0.1) is 0 Å². The third kappa shape index (κ3) is 3.16. The fraction of sp³-hybridized carbons (Fsp3) is 0.571. The molecule has 1 saturated heterocycles. The highest BCUT2D eigenvalue weighted by Crippen LogP contribution is 2.28. The molecular formula is C14H21ClN2O. The first-order valence-corrected chi connectivity index (χ1v) is 6.88. The van der Waals surface area contributed by atoms with E-state index in [4.69, 9.17) is 22.1 Å². The van der Waals surface area contributed by atoms with Crippen LogP contribution in [0.1, 0.15) is 18.4 Å². The fourth-order valence-electron chi connectivity index (χ4n) is 2.55. The van der Waals surface area contributed by atoms with Crippen molar-refractivity contribution >= 4 is 17.3 Å². The highest BCUT2D eigenvalue weighted by Gasteiger charge is 2.21. The number of halogens is 1. The van der Waals surface area contributed by atoms with E-state index in [1.54, 1.807) is 7.11 Å². The summed E-state index contributed by atoms with van der Waals surface area (Å²) in [7, 11) is 1.78. The largest absolute Gasteiger partial charge is 0.380 e. The first kappa shape index (κ1) is 13.7. The lowest BCUT2D eigenvalue weighted by molar-refractivity contribution is 0.0893. The van der Waals surface area contributed by atoms with Crippen molar-refractivity contribution in [3.05, 3.63) is 28.8 Å². The summed E-state index contributed by atoms with van der Waals surface area (Å²) >= 11 is 6.12. The summed E-state index contributed by atoms with van der Waals surface area (Å²) in [6.07, 6.45) is 3.51. The van der Waals surface area contributed by atoms with Crippen molar-refractivity contribution in [2.45, 2.75) is 25.4 Å². The first-order chi connectivity index (χ1) is 8.74. The smallest absolute Gasteiger partial charge is 0.0746 e. The van der Waals surface area contributed by atoms with Crippen molar-refractivity contribution in [2.75, 3.05) is 31.6 Å². The summed E-state index contributed by atoms with van der Waals surface area (Å²) in [5.41, 5.74) is 8.17. The molecule has 3 nitrogen and oxygen atoms in total. The lowest BCUT2D eigenvalue weighted by atomic mass is 10.0. The van der Waals surface area contributed by atoms with Crippen molar-refractivity contribution in [3.8, 4) is 0 Å². The van der Waals surface area contributed by atoms with E-state index in [0.717, 1.165) is 37.4 Å². The van der Waals surface area contributed by atoms with Crippen molar-refractivity contribution in [1.82, 2.24) is 0 Å². The van der Waals surface area contributed by atoms with Gasteiger partial charge < -0.3 is 15.4 Å². The van der Waals surface area contributed by atoms with Crippen LogP contribution in [0.5, 0.6) is 0 Å². The molecule has 1 heterocycles. The summed E-state index contributed by atoms with van der Waals surface area (Å²) in [6.45, 7) is 2.67. The van der Waals surface area contributed by atoms with E-state index in [9.17, 15) is 0 Å². The zero-order valence-corrected chi connectivity index (χ0v) is 11.6. The number of benzene rings is 1. The molecular weight excluding hydrogens is 248 g/mol. The molecule has 1 unspecified atom stereocenters. The van der Waals surface area contributed by atoms with Gasteiger partial charge in [0.05, 0.1) is 6.10 Å². The minimum Gasteiger partial charge on any atom is -0.380 e. The molecule has 1 fully saturated rings. The Hall–Kier alpha value is -0.770. The van der Waals surface area contributed by atoms with E-state index in [1.807, 2.05) is 12.1 Å². The van der Waals surface area contributed by atoms with Gasteiger partial charge >= 0.3 is 0 Å². The Kier molecular flexibility index (Phi) is 4.87. The van der Waals surface area contributed by atoms with E-state index in [-0.39, 0.29) is 0 Å². The van der Waals surface area contributed by atoms with E-state index >= 15 is 0 Å². The molecule has 0 aliphatic carbocycles. The second-order valence-corrected chi connectivity index (χ2v) is 5.19. The second-order valence-electron chi connectivity index (χ2n) is 4.76. The van der Waals surface area contributed by atoms with Crippen LogP contribution in [0.15, 0.2) is 18.2 Å². The molecule has 4 heteroatoms. The van der Waals surface area contributed by atoms with Crippen molar-refractivity contribution in [2.24, 2.45) is 5.73 Å². The molecule has 18 heavy (non-hydrogen) atoms. The lowest BCUT2D eigenvalue weighted by Gasteiger charge is -2.35. The molecule has 1 aliphatic rings. The van der Waals surface area contributed by atoms with Crippen molar-refractivity contribution < 1.29 is 4.74 Å². The van der Waals surface area contributed by atoms with Gasteiger partial charge in [-0.2, -0.15) is 0 Å². The van der Waals surface area contributed by atoms with Gasteiger partial charge in [-0.25, -0.2) is 0 Å². The van der Waals surface area contributed by atoms with Gasteiger partial charge in [0.25, 0.3) is 0 Å². The Bertz CT molecular complexity index is 397. The predicted octanol–water partition coefficient (Wildman–Crippen LogP) is 2.46. The first-order valence-electron chi connectivity index (χ1n) is 6.51. The Morgan fingerprint density at radius 2 is 2.33 bits per heavy atom. The van der Waals surface area contributed by atoms with E-state index in [2.05, 4.69) is 11.0 Å². The van der Waals surface area contributed by atoms with Gasteiger partial charge in [-0.05, 0) is 43.5 Å². The number of nitrogens with zero attached hydrogens (tertiary/aromatic N) is 1. The molecule has 1 aliphatic heterocycles. The van der Waals surface area contributed by atoms with Gasteiger partial charge in [0, 0.05) is 30.9 Å². The number of piperidine rings is 1. The second kappa shape index (κ2) is 6.41. The maximum absolute atomic E-state index is 6.12. The van der Waals surface area contributed by atoms with Crippen LogP contribution in [0, 0.1) is 0 Å². The number of methoxy groups -OCH3 is 1. The molecule has 2 rings (SSSR count). The molecule has 1 aromatic rings. The molecule has 2 N–H and O–H groups in total. The maximum Gasteiger partial charge on any atom is 0.0746 e. The quantitative estimate of drug-likeness (QED) is 0.912. The molecule has 0 saturated carbocycles. The Balaban J connectivity index is 2.22. The molecule has 100 valence electrons. The predicted molar refractivity (Wildman–Crippen MR) is 76.5 cm³/mol. The molecule has 1 atom stereocenters. The number of ether oxygens (including phenoxy) is 1. The topological polar surface area (TPSA) is 38.5 Å². The Morgan fingerprint density at radius 1 is 1.50 bits per heavy atom. The van der Waals surface area contributed by atoms with Gasteiger partial charge in [-0.3, -0.25) is 0 Å². The molecule has 0 radical (unpaired) electrons. The van der Waals surface area contributed by atoms with Gasteiger partial charge in [0.2, 0.25) is 0 Å². The average molecular weight is 269 g/mol. The number of nitrogens with two attached hydrogens (primary N) is 1. The van der Waals surface area contributed by atoms with Crippen LogP contribution >= 0.6 is 11.6 Å². The lowest BCUT2D eigenvalue weighted by Crippen LogP contribution is -2.39. The molecule has 1 aromatic carbocycles. The average Bonchev–Trinajstić information content (AvgIpc) is 2.41. The van der Waals surface area contributed by atoms with Crippen LogP contribution in [0.25, 0.3) is 0 Å². The zero-order chi connectivity index (χ0) is 13.0. The molecule has 0 aromatic heterocycles. The minimum atomic E-state index is 0.323. The summed E-state index contributed by atoms with van der Waals surface area (Å²) in [5, 5.41) is 0.783. The number of hydrogen-bond donors (Lipinski definition) is 1. The van der Waals surface area contributed by atoms with Crippen molar-refractivity contribution in [1.29, 1.82) is 0 Å². The van der Waals surface area contributed by atoms with Gasteiger partial charge in [0.15, 0.2) is 0 Å². The van der Waals surface area contributed by atoms with E-state index < -0.39 is 0 Å². The highest BCUT2D eigenvalue weighted by molar-refractivity contribution is 6.30. The Morgan fingerprint density at radius 3 is 3.06 bits per heavy atom. The normalized spacial score (nSPS) is 20.2. The van der Waals surface area contributed by atoms with E-state index in [0.29, 0.717) is 12.6 Å². The third-order valence-electron chi connectivity index (χ3n) is 3.51. The summed E-state index contributed by atoms with van der Waals surface area (Å²) < 4.78 is 5.47. The SMILES string of the molecule is COC1CCCN(c2cc(Cl)ccc2CCN)C1. The highest BCUT2D eigenvalue weighted by atomic mass is 35.5. The molecule has 0 spiro atoms. The molecule has 0 bridgehead atoms. The van der Waals surface area contributed by atoms with Crippen LogP contribution in [0.2, 0.25) is 5.02 Å². The number of rotatable bonds is 4. The van der Waals surface area contributed by atoms with Crippen LogP contribution in [-0.4, -0.2) is 32.8 Å². The van der Waals surface area contributed by atoms with E-state index in [1.165, 1.54) is 11.3 Å². The van der Waals surface area contributed by atoms with Gasteiger partial charge in [-0.1, -0.05) is 17.7 Å². The summed E-state index contributed by atoms with van der Waals surface area (Å²) in [5.74, 6) is 0. The summed E-state index contributed by atoms with van der Waals surface area (Å²) in [4.78, 5) is 2.37. The van der Waals surface area contributed by atoms with Gasteiger partial charge in [0.1, 0.15) is 0 Å². The van der Waals surface area contributed by atoms with Crippen LogP contribution < -0.4 is 10.6 Å². The van der Waals surface area contributed by atoms with Crippen molar-refractivity contribution in [3.63, 3.8) is 0 Å². The maximum atomic E-state index is 6.12. The standard InChI is InChI=1S/C14H21ClN2O/c1-18-13-3-2-8-17(10-13)14-9-12(15)5-4-11(14)6-7-16/h4-5,9,13H,2-3,6-8,10,16H2,1H3. The van der Waals surface area contributed by atoms with Crippen LogP contribution in [0.3, 0.4) is 0 Å². The fourth-order valence-corrected chi connectivity index (χ4v) is 2.71. The molecule has 0 amide bonds. The minimum absolute atomic E-state index is 0.323. The number of hydrogen-bond acceptors (Lipinski definition) is 3.